The Bertz CT molecular complexity index is 815. The van der Waals surface area contributed by atoms with Crippen molar-refractivity contribution in [1.82, 2.24) is 5.32 Å². The van der Waals surface area contributed by atoms with E-state index in [0.717, 1.165) is 38.2 Å². The largest absolute Gasteiger partial charge is 0.381 e. The Hall–Kier alpha value is -2.04. The molecule has 0 radical (unpaired) electrons. The van der Waals surface area contributed by atoms with Crippen LogP contribution < -0.4 is 10.2 Å². The minimum absolute atomic E-state index is 0.0452. The summed E-state index contributed by atoms with van der Waals surface area (Å²) in [7, 11) is 0. The zero-order chi connectivity index (χ0) is 18.9. The van der Waals surface area contributed by atoms with Gasteiger partial charge in [0.05, 0.1) is 0 Å². The first kappa shape index (κ1) is 18.3. The van der Waals surface area contributed by atoms with Crippen LogP contribution in [0.15, 0.2) is 48.5 Å². The molecule has 2 aromatic carbocycles. The van der Waals surface area contributed by atoms with Gasteiger partial charge in [-0.1, -0.05) is 41.9 Å². The van der Waals surface area contributed by atoms with E-state index in [9.17, 15) is 4.79 Å². The quantitative estimate of drug-likeness (QED) is 0.868. The predicted octanol–water partition coefficient (Wildman–Crippen LogP) is 3.91. The lowest BCUT2D eigenvalue weighted by atomic mass is 9.76. The third-order valence-corrected chi connectivity index (χ3v) is 6.19. The van der Waals surface area contributed by atoms with Gasteiger partial charge in [-0.15, -0.1) is 0 Å². The fraction of sp³-hybridized carbons (Fsp3) is 0.409. The summed E-state index contributed by atoms with van der Waals surface area (Å²) in [4.78, 5) is 15.1. The summed E-state index contributed by atoms with van der Waals surface area (Å²) in [5.74, 6) is 0.0452. The molecule has 0 aliphatic carbocycles. The maximum atomic E-state index is 12.8. The number of hydrogen-bond donors (Lipinski definition) is 1. The molecular formula is C22H25ClN2O2. The Morgan fingerprint density at radius 3 is 2.63 bits per heavy atom. The number of ether oxygens (including phenoxy) is 1. The van der Waals surface area contributed by atoms with Gasteiger partial charge in [-0.3, -0.25) is 4.79 Å². The van der Waals surface area contributed by atoms with Gasteiger partial charge in [0.25, 0.3) is 0 Å². The van der Waals surface area contributed by atoms with E-state index in [1.54, 1.807) is 0 Å². The van der Waals surface area contributed by atoms with E-state index in [1.165, 1.54) is 11.3 Å². The molecule has 1 spiro atoms. The number of nitrogens with one attached hydrogen (secondary N) is 1. The summed E-state index contributed by atoms with van der Waals surface area (Å²) in [6, 6.07) is 15.9. The summed E-state index contributed by atoms with van der Waals surface area (Å²) >= 11 is 5.93. The molecule has 5 heteroatoms. The van der Waals surface area contributed by atoms with Gasteiger partial charge in [-0.2, -0.15) is 0 Å². The van der Waals surface area contributed by atoms with E-state index in [4.69, 9.17) is 16.3 Å². The monoisotopic (exact) mass is 384 g/mol. The standard InChI is InChI=1S/C22H25ClN2O2/c1-16(21(26)24-14-17-6-8-18(23)9-7-17)25-15-22(10-12-27-13-11-22)19-4-2-3-5-20(19)25/h2-9,16H,10-15H2,1H3,(H,24,26). The molecule has 142 valence electrons. The Kier molecular flexibility index (Phi) is 5.11. The van der Waals surface area contributed by atoms with E-state index in [0.29, 0.717) is 11.6 Å². The molecule has 1 saturated heterocycles. The third kappa shape index (κ3) is 3.56. The molecule has 1 amide bonds. The molecular weight excluding hydrogens is 360 g/mol. The number of carbonyl (C=O) groups excluding carboxylic acids is 1. The van der Waals surface area contributed by atoms with E-state index in [1.807, 2.05) is 31.2 Å². The highest BCUT2D eigenvalue weighted by atomic mass is 35.5. The van der Waals surface area contributed by atoms with Crippen molar-refractivity contribution in [2.24, 2.45) is 0 Å². The van der Waals surface area contributed by atoms with Gasteiger partial charge >= 0.3 is 0 Å². The van der Waals surface area contributed by atoms with Crippen LogP contribution in [0.5, 0.6) is 0 Å². The van der Waals surface area contributed by atoms with Crippen LogP contribution in [0.1, 0.15) is 30.9 Å². The van der Waals surface area contributed by atoms with Gasteiger partial charge < -0.3 is 15.0 Å². The topological polar surface area (TPSA) is 41.6 Å². The summed E-state index contributed by atoms with van der Waals surface area (Å²) in [5.41, 5.74) is 3.71. The van der Waals surface area contributed by atoms with Crippen molar-refractivity contribution in [3.8, 4) is 0 Å². The van der Waals surface area contributed by atoms with Gasteiger partial charge in [0, 0.05) is 42.4 Å². The molecule has 0 aromatic heterocycles. The number of amides is 1. The summed E-state index contributed by atoms with van der Waals surface area (Å²) in [6.45, 7) is 4.96. The van der Waals surface area contributed by atoms with E-state index < -0.39 is 0 Å². The SMILES string of the molecule is CC(C(=O)NCc1ccc(Cl)cc1)N1CC2(CCOCC2)c2ccccc21. The number of fused-ring (bicyclic) bond motifs is 2. The number of rotatable bonds is 4. The minimum Gasteiger partial charge on any atom is -0.381 e. The van der Waals surface area contributed by atoms with E-state index in [2.05, 4.69) is 34.5 Å². The average molecular weight is 385 g/mol. The van der Waals surface area contributed by atoms with Crippen molar-refractivity contribution in [2.45, 2.75) is 37.8 Å². The maximum absolute atomic E-state index is 12.8. The van der Waals surface area contributed by atoms with Crippen LogP contribution in [0.4, 0.5) is 5.69 Å². The number of carbonyl (C=O) groups is 1. The smallest absolute Gasteiger partial charge is 0.242 e. The zero-order valence-corrected chi connectivity index (χ0v) is 16.3. The Labute approximate surface area is 165 Å². The first-order chi connectivity index (χ1) is 13.1. The molecule has 2 heterocycles. The van der Waals surface area contributed by atoms with Crippen LogP contribution in [0.25, 0.3) is 0 Å². The number of halogens is 1. The summed E-state index contributed by atoms with van der Waals surface area (Å²) in [6.07, 6.45) is 2.03. The number of hydrogen-bond acceptors (Lipinski definition) is 3. The molecule has 2 aromatic rings. The molecule has 2 aliphatic rings. The number of anilines is 1. The molecule has 1 atom stereocenters. The highest BCUT2D eigenvalue weighted by molar-refractivity contribution is 6.30. The van der Waals surface area contributed by atoms with Crippen LogP contribution in [-0.2, 0) is 21.5 Å². The molecule has 2 aliphatic heterocycles. The van der Waals surface area contributed by atoms with Crippen LogP contribution in [-0.4, -0.2) is 31.7 Å². The normalized spacial score (nSPS) is 19.0. The lowest BCUT2D eigenvalue weighted by Gasteiger charge is -2.35. The highest BCUT2D eigenvalue weighted by Crippen LogP contribution is 2.47. The number of para-hydroxylation sites is 1. The molecule has 1 N–H and O–H groups in total. The summed E-state index contributed by atoms with van der Waals surface area (Å²) in [5, 5.41) is 3.77. The highest BCUT2D eigenvalue weighted by Gasteiger charge is 2.45. The second-order valence-electron chi connectivity index (χ2n) is 7.56. The first-order valence-electron chi connectivity index (χ1n) is 9.55. The van der Waals surface area contributed by atoms with Crippen LogP contribution in [0.3, 0.4) is 0 Å². The van der Waals surface area contributed by atoms with Crippen molar-refractivity contribution in [3.05, 3.63) is 64.7 Å². The number of nitrogens with zero attached hydrogens (tertiary/aromatic N) is 1. The molecule has 0 bridgehead atoms. The Morgan fingerprint density at radius 2 is 1.89 bits per heavy atom. The van der Waals surface area contributed by atoms with Gasteiger partial charge in [-0.25, -0.2) is 0 Å². The van der Waals surface area contributed by atoms with Gasteiger partial charge in [0.1, 0.15) is 6.04 Å². The maximum Gasteiger partial charge on any atom is 0.242 e. The molecule has 4 nitrogen and oxygen atoms in total. The van der Waals surface area contributed by atoms with Crippen molar-refractivity contribution < 1.29 is 9.53 Å². The van der Waals surface area contributed by atoms with Crippen molar-refractivity contribution in [1.29, 1.82) is 0 Å². The fourth-order valence-corrected chi connectivity index (χ4v) is 4.41. The first-order valence-corrected chi connectivity index (χ1v) is 9.93. The van der Waals surface area contributed by atoms with Crippen LogP contribution in [0, 0.1) is 0 Å². The molecule has 0 saturated carbocycles. The Morgan fingerprint density at radius 1 is 1.19 bits per heavy atom. The van der Waals surface area contributed by atoms with Gasteiger partial charge in [-0.05, 0) is 49.1 Å². The minimum atomic E-state index is -0.222. The van der Waals surface area contributed by atoms with Crippen molar-refractivity contribution in [3.63, 3.8) is 0 Å². The Balaban J connectivity index is 1.49. The van der Waals surface area contributed by atoms with Gasteiger partial charge in [0.15, 0.2) is 0 Å². The fourth-order valence-electron chi connectivity index (χ4n) is 4.28. The second-order valence-corrected chi connectivity index (χ2v) is 7.99. The number of benzene rings is 2. The van der Waals surface area contributed by atoms with E-state index in [-0.39, 0.29) is 17.4 Å². The van der Waals surface area contributed by atoms with Gasteiger partial charge in [0.2, 0.25) is 5.91 Å². The zero-order valence-electron chi connectivity index (χ0n) is 15.6. The van der Waals surface area contributed by atoms with Crippen LogP contribution in [0.2, 0.25) is 5.02 Å². The summed E-state index contributed by atoms with van der Waals surface area (Å²) < 4.78 is 5.60. The van der Waals surface area contributed by atoms with Crippen LogP contribution >= 0.6 is 11.6 Å². The molecule has 1 unspecified atom stereocenters. The lowest BCUT2D eigenvalue weighted by molar-refractivity contribution is -0.122. The van der Waals surface area contributed by atoms with Crippen molar-refractivity contribution >= 4 is 23.2 Å². The molecule has 4 rings (SSSR count). The molecule has 1 fully saturated rings. The average Bonchev–Trinajstić information content (AvgIpc) is 3.01. The lowest BCUT2D eigenvalue weighted by Crippen LogP contribution is -2.47. The van der Waals surface area contributed by atoms with E-state index >= 15 is 0 Å². The molecule has 27 heavy (non-hydrogen) atoms. The second kappa shape index (κ2) is 7.53. The third-order valence-electron chi connectivity index (χ3n) is 5.93. The predicted molar refractivity (Wildman–Crippen MR) is 108 cm³/mol. The van der Waals surface area contributed by atoms with Crippen molar-refractivity contribution in [2.75, 3.05) is 24.7 Å².